The second kappa shape index (κ2) is 14.3. The quantitative estimate of drug-likeness (QED) is 0.115. The monoisotopic (exact) mass is 681 g/mol. The first-order chi connectivity index (χ1) is 24.7. The van der Waals surface area contributed by atoms with E-state index >= 15 is 0 Å². The predicted octanol–water partition coefficient (Wildman–Crippen LogP) is 6.71. The van der Waals surface area contributed by atoms with E-state index in [2.05, 4.69) is 51.7 Å². The number of pyridine rings is 2. The van der Waals surface area contributed by atoms with Gasteiger partial charge in [0.2, 0.25) is 5.89 Å². The van der Waals surface area contributed by atoms with Crippen LogP contribution in [0.15, 0.2) is 77.5 Å². The molecule has 4 N–H and O–H groups in total. The molecular weight excluding hydrogens is 642 g/mol. The largest absolute Gasteiger partial charge is 0.481 e. The summed E-state index contributed by atoms with van der Waals surface area (Å²) in [5.41, 5.74) is 9.95. The van der Waals surface area contributed by atoms with Gasteiger partial charge in [-0.2, -0.15) is 5.26 Å². The van der Waals surface area contributed by atoms with Gasteiger partial charge in [0.1, 0.15) is 17.1 Å². The molecule has 0 amide bonds. The Morgan fingerprint density at radius 2 is 1.84 bits per heavy atom. The van der Waals surface area contributed by atoms with Crippen LogP contribution in [-0.2, 0) is 17.9 Å². The summed E-state index contributed by atoms with van der Waals surface area (Å²) in [6.45, 7) is 8.46. The molecule has 258 valence electrons. The molecule has 3 aromatic carbocycles. The Morgan fingerprint density at radius 3 is 2.61 bits per heavy atom. The first kappa shape index (κ1) is 33.8. The van der Waals surface area contributed by atoms with Crippen LogP contribution in [-0.4, -0.2) is 61.8 Å². The molecule has 2 unspecified atom stereocenters. The number of rotatable bonds is 11. The van der Waals surface area contributed by atoms with Gasteiger partial charge in [-0.1, -0.05) is 24.3 Å². The smallest absolute Gasteiger partial charge is 0.307 e. The predicted molar refractivity (Wildman–Crippen MR) is 196 cm³/mol. The molecule has 7 rings (SSSR count). The zero-order valence-corrected chi connectivity index (χ0v) is 28.8. The maximum atomic E-state index is 11.4. The van der Waals surface area contributed by atoms with Crippen LogP contribution in [0.25, 0.3) is 44.6 Å². The van der Waals surface area contributed by atoms with E-state index in [9.17, 15) is 20.3 Å². The molecule has 4 heterocycles. The first-order valence-electron chi connectivity index (χ1n) is 17.1. The van der Waals surface area contributed by atoms with E-state index in [1.807, 2.05) is 62.5 Å². The maximum Gasteiger partial charge on any atom is 0.307 e. The molecule has 1 aliphatic heterocycles. The number of aliphatic hydroxyl groups excluding tert-OH is 1. The van der Waals surface area contributed by atoms with Gasteiger partial charge in [-0.15, -0.1) is 0 Å². The van der Waals surface area contributed by atoms with Gasteiger partial charge in [0.05, 0.1) is 18.1 Å². The van der Waals surface area contributed by atoms with E-state index in [1.54, 1.807) is 6.20 Å². The number of nitrogens with zero attached hydrogens (tertiary/aromatic N) is 5. The first-order valence-corrected chi connectivity index (χ1v) is 17.1. The standard InChI is InChI=1S/C40H39N7O4/c1-23(22-48)43-18-27-15-28-10-12-42-38(36(28)44-19-27)45-34-9-5-7-32(25(34)3)31-6-4-8-33(24(31)2)39-46-35-16-26(14-30(17-41)37(35)51-39)20-47-13-11-29(21-47)40(49)50/h4-10,12,14-16,19,23,29,43,48H,11,13,18,20-22H2,1-3H3,(H,42,45)(H,49,50). The number of carboxylic acids is 1. The van der Waals surface area contributed by atoms with Crippen molar-refractivity contribution in [3.8, 4) is 28.7 Å². The topological polar surface area (TPSA) is 160 Å². The molecule has 1 saturated heterocycles. The molecular formula is C40H39N7O4. The lowest BCUT2D eigenvalue weighted by Gasteiger charge is -2.16. The number of benzene rings is 3. The van der Waals surface area contributed by atoms with E-state index < -0.39 is 5.97 Å². The van der Waals surface area contributed by atoms with Crippen LogP contribution in [0, 0.1) is 31.1 Å². The third-order valence-corrected chi connectivity index (χ3v) is 9.72. The van der Waals surface area contributed by atoms with E-state index in [-0.39, 0.29) is 18.6 Å². The number of fused-ring (bicyclic) bond motifs is 2. The summed E-state index contributed by atoms with van der Waals surface area (Å²) in [7, 11) is 0. The molecule has 1 aliphatic rings. The highest BCUT2D eigenvalue weighted by molar-refractivity contribution is 5.91. The lowest BCUT2D eigenvalue weighted by atomic mass is 9.93. The van der Waals surface area contributed by atoms with Crippen molar-refractivity contribution in [2.45, 2.75) is 46.3 Å². The number of anilines is 2. The minimum atomic E-state index is -0.768. The number of oxazole rings is 1. The van der Waals surface area contributed by atoms with Crippen LogP contribution in [0.5, 0.6) is 0 Å². The molecule has 3 aromatic heterocycles. The number of aliphatic hydroxyl groups is 1. The van der Waals surface area contributed by atoms with Crippen LogP contribution in [0.3, 0.4) is 0 Å². The summed E-state index contributed by atoms with van der Waals surface area (Å²) < 4.78 is 6.27. The Labute approximate surface area is 295 Å². The lowest BCUT2D eigenvalue weighted by molar-refractivity contribution is -0.141. The van der Waals surface area contributed by atoms with Gasteiger partial charge in [0.15, 0.2) is 11.4 Å². The normalized spacial score (nSPS) is 15.3. The fourth-order valence-corrected chi connectivity index (χ4v) is 6.82. The SMILES string of the molecule is Cc1c(Nc2nccc3cc(CNC(C)CO)cnc23)cccc1-c1cccc(-c2nc3cc(CN4CCC(C(=O)O)C4)cc(C#N)c3o2)c1C. The number of nitrogens with one attached hydrogen (secondary N) is 2. The van der Waals surface area contributed by atoms with Crippen molar-refractivity contribution < 1.29 is 19.4 Å². The molecule has 0 radical (unpaired) electrons. The summed E-state index contributed by atoms with van der Waals surface area (Å²) in [4.78, 5) is 27.8. The fraction of sp³-hybridized carbons (Fsp3) is 0.275. The molecule has 0 saturated carbocycles. The van der Waals surface area contributed by atoms with E-state index in [0.29, 0.717) is 61.0 Å². The van der Waals surface area contributed by atoms with Gasteiger partial charge in [-0.25, -0.2) is 9.97 Å². The van der Waals surface area contributed by atoms with Gasteiger partial charge in [0, 0.05) is 54.7 Å². The van der Waals surface area contributed by atoms with Gasteiger partial charge in [-0.05, 0) is 104 Å². The molecule has 6 aromatic rings. The Morgan fingerprint density at radius 1 is 1.06 bits per heavy atom. The van der Waals surface area contributed by atoms with Crippen LogP contribution in [0.4, 0.5) is 11.5 Å². The number of hydrogen-bond donors (Lipinski definition) is 4. The third-order valence-electron chi connectivity index (χ3n) is 9.72. The Bertz CT molecular complexity index is 2310. The average Bonchev–Trinajstić information content (AvgIpc) is 3.79. The Balaban J connectivity index is 1.17. The molecule has 1 fully saturated rings. The van der Waals surface area contributed by atoms with Crippen LogP contribution in [0.2, 0.25) is 0 Å². The van der Waals surface area contributed by atoms with Crippen molar-refractivity contribution in [2.24, 2.45) is 5.92 Å². The molecule has 0 bridgehead atoms. The molecule has 11 heteroatoms. The summed E-state index contributed by atoms with van der Waals surface area (Å²) in [5.74, 6) is -0.0418. The summed E-state index contributed by atoms with van der Waals surface area (Å²) in [6, 6.07) is 22.2. The van der Waals surface area contributed by atoms with Crippen molar-refractivity contribution in [3.05, 3.63) is 101 Å². The van der Waals surface area contributed by atoms with Crippen molar-refractivity contribution in [1.82, 2.24) is 25.2 Å². The fourth-order valence-electron chi connectivity index (χ4n) is 6.82. The minimum absolute atomic E-state index is 0.00253. The second-order valence-corrected chi connectivity index (χ2v) is 13.3. The molecule has 0 aliphatic carbocycles. The molecule has 0 spiro atoms. The van der Waals surface area contributed by atoms with Gasteiger partial charge < -0.3 is 25.3 Å². The molecule has 2 atom stereocenters. The van der Waals surface area contributed by atoms with Gasteiger partial charge in [-0.3, -0.25) is 14.7 Å². The highest BCUT2D eigenvalue weighted by Crippen LogP contribution is 2.38. The molecule has 51 heavy (non-hydrogen) atoms. The van der Waals surface area contributed by atoms with E-state index in [1.165, 1.54) is 0 Å². The number of likely N-dealkylation sites (tertiary alicyclic amines) is 1. The highest BCUT2D eigenvalue weighted by Gasteiger charge is 2.28. The van der Waals surface area contributed by atoms with Crippen molar-refractivity contribution in [2.75, 3.05) is 25.0 Å². The van der Waals surface area contributed by atoms with Crippen molar-refractivity contribution >= 4 is 39.5 Å². The third kappa shape index (κ3) is 6.90. The van der Waals surface area contributed by atoms with Gasteiger partial charge in [0.25, 0.3) is 0 Å². The number of aromatic nitrogens is 3. The zero-order valence-electron chi connectivity index (χ0n) is 28.8. The Kier molecular flexibility index (Phi) is 9.47. The number of carboxylic acid groups (broad SMARTS) is 1. The van der Waals surface area contributed by atoms with Gasteiger partial charge >= 0.3 is 5.97 Å². The summed E-state index contributed by atoms with van der Waals surface area (Å²) in [6.07, 6.45) is 4.23. The van der Waals surface area contributed by atoms with Crippen LogP contribution < -0.4 is 10.6 Å². The van der Waals surface area contributed by atoms with E-state index in [4.69, 9.17) is 14.4 Å². The average molecular weight is 682 g/mol. The number of hydrogen-bond acceptors (Lipinski definition) is 10. The van der Waals surface area contributed by atoms with E-state index in [0.717, 1.165) is 55.5 Å². The second-order valence-electron chi connectivity index (χ2n) is 13.3. The summed E-state index contributed by atoms with van der Waals surface area (Å²) in [5, 5.41) is 36.5. The van der Waals surface area contributed by atoms with Crippen molar-refractivity contribution in [3.63, 3.8) is 0 Å². The minimum Gasteiger partial charge on any atom is -0.481 e. The number of aliphatic carboxylic acids is 1. The van der Waals surface area contributed by atoms with Crippen LogP contribution in [0.1, 0.15) is 41.2 Å². The van der Waals surface area contributed by atoms with Crippen LogP contribution >= 0.6 is 0 Å². The zero-order chi connectivity index (χ0) is 35.6. The maximum absolute atomic E-state index is 11.4. The lowest BCUT2D eigenvalue weighted by Crippen LogP contribution is -2.28. The highest BCUT2D eigenvalue weighted by atomic mass is 16.4. The summed E-state index contributed by atoms with van der Waals surface area (Å²) >= 11 is 0. The number of nitriles is 1. The Hall–Kier alpha value is -5.67. The number of carbonyl (C=O) groups is 1. The van der Waals surface area contributed by atoms with Crippen molar-refractivity contribution in [1.29, 1.82) is 5.26 Å². The molecule has 11 nitrogen and oxygen atoms in total.